The van der Waals surface area contributed by atoms with E-state index in [0.717, 1.165) is 19.3 Å². The van der Waals surface area contributed by atoms with E-state index in [9.17, 15) is 14.7 Å². The average molecular weight is 463 g/mol. The molecule has 8 heteroatoms. The summed E-state index contributed by atoms with van der Waals surface area (Å²) in [5.74, 6) is -1.84. The molecule has 4 atom stereocenters. The molecule has 1 fully saturated rings. The zero-order valence-electron chi connectivity index (χ0n) is 17.1. The van der Waals surface area contributed by atoms with Crippen molar-refractivity contribution in [3.8, 4) is 5.75 Å². The number of methoxy groups -OCH3 is 1. The first-order chi connectivity index (χ1) is 14.8. The van der Waals surface area contributed by atoms with Gasteiger partial charge in [0.2, 0.25) is 0 Å². The van der Waals surface area contributed by atoms with Gasteiger partial charge in [-0.2, -0.15) is 0 Å². The fourth-order valence-electron chi connectivity index (χ4n) is 4.90. The molecule has 4 rings (SSSR count). The summed E-state index contributed by atoms with van der Waals surface area (Å²) >= 11 is 12.6. The average Bonchev–Trinajstić information content (AvgIpc) is 2.74. The van der Waals surface area contributed by atoms with Crippen LogP contribution in [0.3, 0.4) is 0 Å². The third-order valence-electron chi connectivity index (χ3n) is 6.36. The third kappa shape index (κ3) is 3.88. The molecule has 0 radical (unpaired) electrons. The zero-order valence-corrected chi connectivity index (χ0v) is 18.6. The minimum absolute atomic E-state index is 0.236. The lowest BCUT2D eigenvalue weighted by Crippen LogP contribution is -2.56. The standard InChI is InChI=1S/C23H24Cl2N2O4/c1-31-13-7-9-14-16(11-13)20(23(29)30)21(15-8-6-12(24)10-17(15)25)27(22(14)28)19-5-3-2-4-18(19)26/h6-11,18-21H,2-5,26H2,1H3,(H,29,30)/t18-,19-,20+,21-/m0/s1. The van der Waals surface area contributed by atoms with E-state index >= 15 is 0 Å². The predicted octanol–water partition coefficient (Wildman–Crippen LogP) is 4.64. The molecule has 1 saturated carbocycles. The minimum atomic E-state index is -1.05. The predicted molar refractivity (Wildman–Crippen MR) is 119 cm³/mol. The Balaban J connectivity index is 1.96. The summed E-state index contributed by atoms with van der Waals surface area (Å²) in [5.41, 5.74) is 7.75. The summed E-state index contributed by atoms with van der Waals surface area (Å²) in [5, 5.41) is 11.1. The largest absolute Gasteiger partial charge is 0.497 e. The Bertz CT molecular complexity index is 1030. The van der Waals surface area contributed by atoms with Crippen LogP contribution in [-0.2, 0) is 4.79 Å². The number of nitrogens with zero attached hydrogens (tertiary/aromatic N) is 1. The van der Waals surface area contributed by atoms with E-state index in [1.54, 1.807) is 41.3 Å². The van der Waals surface area contributed by atoms with Gasteiger partial charge in [-0.25, -0.2) is 0 Å². The van der Waals surface area contributed by atoms with Crippen LogP contribution in [0.5, 0.6) is 5.75 Å². The lowest BCUT2D eigenvalue weighted by atomic mass is 9.77. The molecule has 1 amide bonds. The van der Waals surface area contributed by atoms with E-state index < -0.39 is 17.9 Å². The number of carbonyl (C=O) groups is 2. The zero-order chi connectivity index (χ0) is 22.3. The van der Waals surface area contributed by atoms with Crippen molar-refractivity contribution in [2.24, 2.45) is 5.73 Å². The number of hydrogen-bond acceptors (Lipinski definition) is 4. The molecule has 31 heavy (non-hydrogen) atoms. The summed E-state index contributed by atoms with van der Waals surface area (Å²) in [6.07, 6.45) is 3.41. The number of hydrogen-bond donors (Lipinski definition) is 2. The molecule has 2 aromatic carbocycles. The van der Waals surface area contributed by atoms with Crippen molar-refractivity contribution in [3.63, 3.8) is 0 Å². The van der Waals surface area contributed by atoms with Crippen LogP contribution in [0.15, 0.2) is 36.4 Å². The first-order valence-electron chi connectivity index (χ1n) is 10.3. The van der Waals surface area contributed by atoms with Crippen LogP contribution in [-0.4, -0.2) is 41.1 Å². The molecular weight excluding hydrogens is 439 g/mol. The van der Waals surface area contributed by atoms with Gasteiger partial charge in [-0.05, 0) is 54.3 Å². The molecule has 0 unspecified atom stereocenters. The summed E-state index contributed by atoms with van der Waals surface area (Å²) in [7, 11) is 1.50. The van der Waals surface area contributed by atoms with Crippen molar-refractivity contribution in [2.45, 2.75) is 49.7 Å². The molecule has 0 spiro atoms. The van der Waals surface area contributed by atoms with Gasteiger partial charge in [0, 0.05) is 27.7 Å². The first-order valence-corrected chi connectivity index (χ1v) is 11.0. The van der Waals surface area contributed by atoms with Crippen LogP contribution in [0.1, 0.15) is 59.1 Å². The smallest absolute Gasteiger partial charge is 0.313 e. The number of carbonyl (C=O) groups excluding carboxylic acids is 1. The van der Waals surface area contributed by atoms with Crippen LogP contribution < -0.4 is 10.5 Å². The van der Waals surface area contributed by atoms with Crippen LogP contribution in [0.2, 0.25) is 10.0 Å². The Hall–Kier alpha value is -2.28. The molecule has 3 N–H and O–H groups in total. The topological polar surface area (TPSA) is 92.9 Å². The molecular formula is C23H24Cl2N2O4. The van der Waals surface area contributed by atoms with E-state index in [4.69, 9.17) is 33.7 Å². The third-order valence-corrected chi connectivity index (χ3v) is 6.92. The van der Waals surface area contributed by atoms with Gasteiger partial charge in [0.25, 0.3) is 5.91 Å². The van der Waals surface area contributed by atoms with Gasteiger partial charge in [-0.3, -0.25) is 9.59 Å². The summed E-state index contributed by atoms with van der Waals surface area (Å²) in [6.45, 7) is 0. The second-order valence-corrected chi connectivity index (χ2v) is 8.95. The fraction of sp³-hybridized carbons (Fsp3) is 0.391. The molecule has 0 aromatic heterocycles. The Morgan fingerprint density at radius 2 is 1.87 bits per heavy atom. The fourth-order valence-corrected chi connectivity index (χ4v) is 5.42. The second-order valence-electron chi connectivity index (χ2n) is 8.11. The number of nitrogens with two attached hydrogens (primary N) is 1. The number of fused-ring (bicyclic) bond motifs is 1. The van der Waals surface area contributed by atoms with E-state index in [0.29, 0.717) is 38.9 Å². The van der Waals surface area contributed by atoms with E-state index in [1.807, 2.05) is 0 Å². The number of carboxylic acids is 1. The summed E-state index contributed by atoms with van der Waals surface area (Å²) in [6, 6.07) is 8.52. The Kier molecular flexibility index (Phi) is 6.15. The van der Waals surface area contributed by atoms with Crippen molar-refractivity contribution in [1.82, 2.24) is 4.90 Å². The molecule has 0 saturated heterocycles. The minimum Gasteiger partial charge on any atom is -0.497 e. The van der Waals surface area contributed by atoms with Crippen molar-refractivity contribution < 1.29 is 19.4 Å². The highest BCUT2D eigenvalue weighted by Gasteiger charge is 2.49. The quantitative estimate of drug-likeness (QED) is 0.690. The highest BCUT2D eigenvalue weighted by Crippen LogP contribution is 2.48. The maximum Gasteiger partial charge on any atom is 0.313 e. The molecule has 0 bridgehead atoms. The van der Waals surface area contributed by atoms with Crippen molar-refractivity contribution in [3.05, 3.63) is 63.1 Å². The number of carboxylic acid groups (broad SMARTS) is 1. The molecule has 164 valence electrons. The van der Waals surface area contributed by atoms with E-state index in [2.05, 4.69) is 0 Å². The lowest BCUT2D eigenvalue weighted by molar-refractivity contribution is -0.141. The monoisotopic (exact) mass is 462 g/mol. The molecule has 2 aromatic rings. The summed E-state index contributed by atoms with van der Waals surface area (Å²) in [4.78, 5) is 28.0. The molecule has 1 aliphatic carbocycles. The van der Waals surface area contributed by atoms with Gasteiger partial charge in [-0.15, -0.1) is 0 Å². The Morgan fingerprint density at radius 3 is 2.52 bits per heavy atom. The van der Waals surface area contributed by atoms with Gasteiger partial charge < -0.3 is 20.5 Å². The van der Waals surface area contributed by atoms with Gasteiger partial charge >= 0.3 is 5.97 Å². The summed E-state index contributed by atoms with van der Waals surface area (Å²) < 4.78 is 5.30. The maximum absolute atomic E-state index is 13.8. The van der Waals surface area contributed by atoms with E-state index in [1.165, 1.54) is 7.11 Å². The van der Waals surface area contributed by atoms with Gasteiger partial charge in [-0.1, -0.05) is 42.1 Å². The van der Waals surface area contributed by atoms with Crippen LogP contribution >= 0.6 is 23.2 Å². The Morgan fingerprint density at radius 1 is 1.13 bits per heavy atom. The maximum atomic E-state index is 13.8. The van der Waals surface area contributed by atoms with Gasteiger partial charge in [0.15, 0.2) is 0 Å². The molecule has 1 aliphatic heterocycles. The first kappa shape index (κ1) is 21.9. The van der Waals surface area contributed by atoms with Crippen LogP contribution in [0.4, 0.5) is 0 Å². The van der Waals surface area contributed by atoms with Crippen LogP contribution in [0, 0.1) is 0 Å². The number of rotatable bonds is 4. The number of ether oxygens (including phenoxy) is 1. The van der Waals surface area contributed by atoms with Gasteiger partial charge in [0.1, 0.15) is 11.7 Å². The Labute approximate surface area is 190 Å². The van der Waals surface area contributed by atoms with Crippen LogP contribution in [0.25, 0.3) is 0 Å². The molecule has 2 aliphatic rings. The number of aliphatic carboxylic acids is 1. The van der Waals surface area contributed by atoms with E-state index in [-0.39, 0.29) is 18.0 Å². The SMILES string of the molecule is COc1ccc2c(c1)[C@@H](C(=O)O)[C@H](c1ccc(Cl)cc1Cl)N([C@H]1CCCC[C@@H]1N)C2=O. The lowest BCUT2D eigenvalue weighted by Gasteiger charge is -2.48. The van der Waals surface area contributed by atoms with Gasteiger partial charge in [0.05, 0.1) is 13.2 Å². The highest BCUT2D eigenvalue weighted by atomic mass is 35.5. The highest BCUT2D eigenvalue weighted by molar-refractivity contribution is 6.35. The molecule has 6 nitrogen and oxygen atoms in total. The number of benzene rings is 2. The van der Waals surface area contributed by atoms with Crippen molar-refractivity contribution >= 4 is 35.1 Å². The number of halogens is 2. The second kappa shape index (κ2) is 8.69. The number of amides is 1. The van der Waals surface area contributed by atoms with Crippen molar-refractivity contribution in [2.75, 3.05) is 7.11 Å². The van der Waals surface area contributed by atoms with Crippen molar-refractivity contribution in [1.29, 1.82) is 0 Å². The molecule has 1 heterocycles. The normalized spacial score (nSPS) is 25.8.